The number of rotatable bonds is 3. The molecule has 1 aromatic carbocycles. The Labute approximate surface area is 117 Å². The number of aromatic nitrogens is 1. The summed E-state index contributed by atoms with van der Waals surface area (Å²) >= 11 is 0. The third-order valence-corrected chi connectivity index (χ3v) is 3.61. The van der Waals surface area contributed by atoms with E-state index in [1.165, 1.54) is 0 Å². The van der Waals surface area contributed by atoms with Crippen LogP contribution in [0.15, 0.2) is 36.5 Å². The van der Waals surface area contributed by atoms with Crippen LogP contribution < -0.4 is 10.6 Å². The summed E-state index contributed by atoms with van der Waals surface area (Å²) < 4.78 is 1.89. The van der Waals surface area contributed by atoms with Crippen molar-refractivity contribution >= 4 is 22.7 Å². The van der Waals surface area contributed by atoms with Gasteiger partial charge in [0.2, 0.25) is 11.8 Å². The highest BCUT2D eigenvalue weighted by molar-refractivity contribution is 5.89. The van der Waals surface area contributed by atoms with Crippen molar-refractivity contribution in [3.05, 3.63) is 36.5 Å². The molecule has 1 unspecified atom stereocenters. The highest BCUT2D eigenvalue weighted by atomic mass is 16.2. The fourth-order valence-corrected chi connectivity index (χ4v) is 2.58. The summed E-state index contributed by atoms with van der Waals surface area (Å²) in [7, 11) is 0. The minimum Gasteiger partial charge on any atom is -0.354 e. The Morgan fingerprint density at radius 2 is 2.20 bits per heavy atom. The van der Waals surface area contributed by atoms with E-state index in [4.69, 9.17) is 0 Å². The van der Waals surface area contributed by atoms with Crippen molar-refractivity contribution in [2.45, 2.75) is 25.4 Å². The van der Waals surface area contributed by atoms with E-state index in [1.807, 2.05) is 41.1 Å². The molecule has 104 valence electrons. The van der Waals surface area contributed by atoms with Gasteiger partial charge in [0.15, 0.2) is 0 Å². The van der Waals surface area contributed by atoms with E-state index >= 15 is 0 Å². The highest BCUT2D eigenvalue weighted by Crippen LogP contribution is 2.14. The average Bonchev–Trinajstić information content (AvgIpc) is 2.85. The molecule has 5 nitrogen and oxygen atoms in total. The van der Waals surface area contributed by atoms with Gasteiger partial charge in [0, 0.05) is 18.3 Å². The van der Waals surface area contributed by atoms with Crippen LogP contribution in [0.1, 0.15) is 12.8 Å². The Hall–Kier alpha value is -2.30. The van der Waals surface area contributed by atoms with Crippen LogP contribution in [0.2, 0.25) is 0 Å². The minimum absolute atomic E-state index is 0.0815. The summed E-state index contributed by atoms with van der Waals surface area (Å²) in [5.74, 6) is -0.213. The second kappa shape index (κ2) is 5.36. The Kier molecular flexibility index (Phi) is 3.41. The maximum absolute atomic E-state index is 12.1. The average molecular weight is 271 g/mol. The van der Waals surface area contributed by atoms with Crippen LogP contribution >= 0.6 is 0 Å². The smallest absolute Gasteiger partial charge is 0.242 e. The molecule has 2 heterocycles. The van der Waals surface area contributed by atoms with Gasteiger partial charge < -0.3 is 15.2 Å². The monoisotopic (exact) mass is 271 g/mol. The molecule has 2 N–H and O–H groups in total. The molecule has 20 heavy (non-hydrogen) atoms. The number of fused-ring (bicyclic) bond motifs is 1. The number of benzene rings is 1. The fraction of sp³-hybridized carbons (Fsp3) is 0.333. The fourth-order valence-electron chi connectivity index (χ4n) is 2.58. The van der Waals surface area contributed by atoms with Crippen LogP contribution in [-0.4, -0.2) is 29.0 Å². The van der Waals surface area contributed by atoms with Gasteiger partial charge in [-0.3, -0.25) is 9.59 Å². The predicted octanol–water partition coefficient (Wildman–Crippen LogP) is 1.04. The molecule has 0 bridgehead atoms. The Balaban J connectivity index is 1.68. The van der Waals surface area contributed by atoms with E-state index in [2.05, 4.69) is 10.6 Å². The third kappa shape index (κ3) is 2.52. The molecule has 0 radical (unpaired) electrons. The first-order chi connectivity index (χ1) is 9.74. The molecule has 1 aliphatic heterocycles. The summed E-state index contributed by atoms with van der Waals surface area (Å²) in [5.41, 5.74) is 1.02. The van der Waals surface area contributed by atoms with Crippen molar-refractivity contribution in [2.24, 2.45) is 0 Å². The quantitative estimate of drug-likeness (QED) is 0.876. The van der Waals surface area contributed by atoms with Crippen LogP contribution in [-0.2, 0) is 16.1 Å². The van der Waals surface area contributed by atoms with Crippen molar-refractivity contribution in [1.82, 2.24) is 15.2 Å². The summed E-state index contributed by atoms with van der Waals surface area (Å²) in [6, 6.07) is 9.51. The van der Waals surface area contributed by atoms with Gasteiger partial charge in [-0.25, -0.2) is 0 Å². The second-order valence-electron chi connectivity index (χ2n) is 5.06. The number of hydrogen-bond donors (Lipinski definition) is 2. The molecule has 1 saturated heterocycles. The lowest BCUT2D eigenvalue weighted by Gasteiger charge is -2.22. The highest BCUT2D eigenvalue weighted by Gasteiger charge is 2.23. The molecule has 1 fully saturated rings. The van der Waals surface area contributed by atoms with E-state index in [9.17, 15) is 9.59 Å². The Morgan fingerprint density at radius 1 is 1.35 bits per heavy atom. The Bertz CT molecular complexity index is 647. The molecule has 5 heteroatoms. The minimum atomic E-state index is -0.391. The lowest BCUT2D eigenvalue weighted by Crippen LogP contribution is -2.50. The SMILES string of the molecule is O=C(Cn1ccc2ccccc21)NC1CCCNC1=O. The van der Waals surface area contributed by atoms with Crippen LogP contribution in [0.4, 0.5) is 0 Å². The van der Waals surface area contributed by atoms with E-state index in [1.54, 1.807) is 0 Å². The number of amides is 2. The molecule has 1 aliphatic rings. The van der Waals surface area contributed by atoms with E-state index in [0.717, 1.165) is 17.3 Å². The summed E-state index contributed by atoms with van der Waals surface area (Å²) in [5, 5.41) is 6.67. The van der Waals surface area contributed by atoms with E-state index in [0.29, 0.717) is 13.0 Å². The Morgan fingerprint density at radius 3 is 3.05 bits per heavy atom. The molecule has 0 aliphatic carbocycles. The molecule has 3 rings (SSSR count). The third-order valence-electron chi connectivity index (χ3n) is 3.61. The molecule has 0 saturated carbocycles. The zero-order valence-electron chi connectivity index (χ0n) is 11.1. The van der Waals surface area contributed by atoms with Crippen molar-refractivity contribution in [3.8, 4) is 0 Å². The van der Waals surface area contributed by atoms with Crippen LogP contribution in [0.3, 0.4) is 0 Å². The molecular weight excluding hydrogens is 254 g/mol. The van der Waals surface area contributed by atoms with Crippen molar-refractivity contribution in [1.29, 1.82) is 0 Å². The first kappa shape index (κ1) is 12.7. The normalized spacial score (nSPS) is 18.8. The molecule has 2 aromatic rings. The van der Waals surface area contributed by atoms with Crippen LogP contribution in [0, 0.1) is 0 Å². The van der Waals surface area contributed by atoms with Crippen molar-refractivity contribution < 1.29 is 9.59 Å². The lowest BCUT2D eigenvalue weighted by atomic mass is 10.1. The van der Waals surface area contributed by atoms with Gasteiger partial charge >= 0.3 is 0 Å². The molecule has 1 aromatic heterocycles. The summed E-state index contributed by atoms with van der Waals surface area (Å²) in [6.45, 7) is 0.935. The first-order valence-electron chi connectivity index (χ1n) is 6.85. The number of carbonyl (C=O) groups excluding carboxylic acids is 2. The largest absolute Gasteiger partial charge is 0.354 e. The topological polar surface area (TPSA) is 63.1 Å². The van der Waals surface area contributed by atoms with Crippen molar-refractivity contribution in [2.75, 3.05) is 6.54 Å². The number of nitrogens with zero attached hydrogens (tertiary/aromatic N) is 1. The number of para-hydroxylation sites is 1. The zero-order chi connectivity index (χ0) is 13.9. The number of carbonyl (C=O) groups is 2. The van der Waals surface area contributed by atoms with Gasteiger partial charge in [-0.1, -0.05) is 18.2 Å². The van der Waals surface area contributed by atoms with Gasteiger partial charge in [0.25, 0.3) is 0 Å². The predicted molar refractivity (Wildman–Crippen MR) is 76.1 cm³/mol. The number of hydrogen-bond acceptors (Lipinski definition) is 2. The zero-order valence-corrected chi connectivity index (χ0v) is 11.1. The second-order valence-corrected chi connectivity index (χ2v) is 5.06. The maximum atomic E-state index is 12.1. The number of nitrogens with one attached hydrogen (secondary N) is 2. The summed E-state index contributed by atoms with van der Waals surface area (Å²) in [6.07, 6.45) is 3.51. The molecule has 1 atom stereocenters. The maximum Gasteiger partial charge on any atom is 0.242 e. The lowest BCUT2D eigenvalue weighted by molar-refractivity contribution is -0.130. The molecule has 0 spiro atoms. The van der Waals surface area contributed by atoms with Gasteiger partial charge in [-0.05, 0) is 30.4 Å². The first-order valence-corrected chi connectivity index (χ1v) is 6.85. The molecule has 2 amide bonds. The van der Waals surface area contributed by atoms with Gasteiger partial charge in [0.1, 0.15) is 12.6 Å². The standard InChI is InChI=1S/C15H17N3O2/c19-14(17-12-5-3-8-16-15(12)20)10-18-9-7-11-4-1-2-6-13(11)18/h1-2,4,6-7,9,12H,3,5,8,10H2,(H,16,20)(H,17,19). The number of piperidine rings is 1. The van der Waals surface area contributed by atoms with E-state index in [-0.39, 0.29) is 18.4 Å². The van der Waals surface area contributed by atoms with Gasteiger partial charge in [0.05, 0.1) is 0 Å². The van der Waals surface area contributed by atoms with Crippen LogP contribution in [0.5, 0.6) is 0 Å². The van der Waals surface area contributed by atoms with Crippen LogP contribution in [0.25, 0.3) is 10.9 Å². The van der Waals surface area contributed by atoms with E-state index < -0.39 is 6.04 Å². The van der Waals surface area contributed by atoms with Crippen molar-refractivity contribution in [3.63, 3.8) is 0 Å². The van der Waals surface area contributed by atoms with Gasteiger partial charge in [-0.2, -0.15) is 0 Å². The molecular formula is C15H17N3O2. The summed E-state index contributed by atoms with van der Waals surface area (Å²) in [4.78, 5) is 23.7. The van der Waals surface area contributed by atoms with Gasteiger partial charge in [-0.15, -0.1) is 0 Å².